The number of hydrogen-bond donors (Lipinski definition) is 4. The molecule has 3 unspecified atom stereocenters. The van der Waals surface area contributed by atoms with Crippen LogP contribution in [-0.4, -0.2) is 67.5 Å². The van der Waals surface area contributed by atoms with Crippen molar-refractivity contribution in [1.29, 1.82) is 0 Å². The Bertz CT molecular complexity index is 856. The number of carbonyl (C=O) groups is 2. The second kappa shape index (κ2) is 12.7. The number of aliphatic hydroxyl groups excluding tert-OH is 2. The van der Waals surface area contributed by atoms with Crippen molar-refractivity contribution in [3.05, 3.63) is 32.9 Å². The fourth-order valence-electron chi connectivity index (χ4n) is 4.47. The van der Waals surface area contributed by atoms with E-state index in [0.717, 1.165) is 12.8 Å². The van der Waals surface area contributed by atoms with E-state index in [0.29, 0.717) is 38.5 Å². The molecule has 1 saturated carbocycles. The van der Waals surface area contributed by atoms with Crippen LogP contribution in [0.4, 0.5) is 0 Å². The second-order valence-electron chi connectivity index (χ2n) is 8.62. The van der Waals surface area contributed by atoms with Crippen LogP contribution in [0.15, 0.2) is 23.8 Å². The van der Waals surface area contributed by atoms with E-state index in [1.807, 2.05) is 0 Å². The molecule has 0 saturated heterocycles. The first kappa shape index (κ1) is 25.9. The van der Waals surface area contributed by atoms with Gasteiger partial charge in [0.2, 0.25) is 5.91 Å². The monoisotopic (exact) mass is 572 g/mol. The zero-order valence-corrected chi connectivity index (χ0v) is 21.0. The van der Waals surface area contributed by atoms with Crippen LogP contribution >= 0.6 is 22.6 Å². The highest BCUT2D eigenvalue weighted by molar-refractivity contribution is 14.1. The quantitative estimate of drug-likeness (QED) is 0.251. The number of amides is 1. The fourth-order valence-corrected chi connectivity index (χ4v) is 5.22. The molecule has 1 amide bonds. The number of nitrogens with one attached hydrogen (secondary N) is 2. The molecule has 0 radical (unpaired) electrons. The van der Waals surface area contributed by atoms with Gasteiger partial charge in [0.05, 0.1) is 17.3 Å². The summed E-state index contributed by atoms with van der Waals surface area (Å²) in [7, 11) is 1.49. The molecule has 0 aromatic heterocycles. The Hall–Kier alpha value is -1.69. The van der Waals surface area contributed by atoms with Gasteiger partial charge in [0.25, 0.3) is 0 Å². The second-order valence-corrected chi connectivity index (χ2v) is 9.78. The summed E-state index contributed by atoms with van der Waals surface area (Å²) in [5.41, 5.74) is 0.956. The Morgan fingerprint density at radius 1 is 1.27 bits per heavy atom. The minimum absolute atomic E-state index is 0.149. The standard InChI is InChI=1S/C24H33IN2O6/c1-32-21-10-16(14-29)9-18(25)23(21)33-20-12-17(24(31)26-7-8-28)11-19(22(20)30)27-13-15-5-3-2-4-6-15/h9-10,12,14-15,19-20,22,27-28,30H,2-8,11,13H2,1H3,(H,26,31). The summed E-state index contributed by atoms with van der Waals surface area (Å²) in [6.45, 7) is 0.793. The van der Waals surface area contributed by atoms with Crippen LogP contribution in [0.3, 0.4) is 0 Å². The van der Waals surface area contributed by atoms with E-state index in [4.69, 9.17) is 14.6 Å². The van der Waals surface area contributed by atoms with Crippen LogP contribution in [0.25, 0.3) is 0 Å². The molecule has 4 N–H and O–H groups in total. The van der Waals surface area contributed by atoms with E-state index < -0.39 is 12.2 Å². The number of methoxy groups -OCH3 is 1. The van der Waals surface area contributed by atoms with Crippen LogP contribution in [0.1, 0.15) is 48.9 Å². The normalized spacial score (nSPS) is 23.5. The molecule has 1 fully saturated rings. The molecule has 0 spiro atoms. The lowest BCUT2D eigenvalue weighted by molar-refractivity contribution is -0.118. The highest BCUT2D eigenvalue weighted by atomic mass is 127. The molecule has 2 aliphatic rings. The predicted molar refractivity (Wildman–Crippen MR) is 133 cm³/mol. The summed E-state index contributed by atoms with van der Waals surface area (Å²) in [4.78, 5) is 23.9. The lowest BCUT2D eigenvalue weighted by Crippen LogP contribution is -2.52. The minimum Gasteiger partial charge on any atom is -0.493 e. The molecule has 2 aliphatic carbocycles. The number of aldehydes is 1. The van der Waals surface area contributed by atoms with E-state index in [1.165, 1.54) is 39.2 Å². The van der Waals surface area contributed by atoms with E-state index in [9.17, 15) is 14.7 Å². The zero-order chi connectivity index (χ0) is 23.8. The van der Waals surface area contributed by atoms with Crippen LogP contribution in [-0.2, 0) is 4.79 Å². The average molecular weight is 572 g/mol. The first-order valence-corrected chi connectivity index (χ1v) is 12.5. The van der Waals surface area contributed by atoms with Gasteiger partial charge in [-0.1, -0.05) is 19.3 Å². The molecule has 1 aromatic rings. The Morgan fingerprint density at radius 3 is 2.70 bits per heavy atom. The van der Waals surface area contributed by atoms with Gasteiger partial charge in [0.15, 0.2) is 11.5 Å². The van der Waals surface area contributed by atoms with Crippen molar-refractivity contribution in [3.8, 4) is 11.5 Å². The number of hydrogen-bond acceptors (Lipinski definition) is 7. The summed E-state index contributed by atoms with van der Waals surface area (Å²) in [6.07, 6.45) is 7.16. The Labute approximate surface area is 208 Å². The SMILES string of the molecule is COc1cc(C=O)cc(I)c1OC1C=C(C(=O)NCCO)CC(NCC2CCCCC2)C1O. The van der Waals surface area contributed by atoms with Gasteiger partial charge in [-0.2, -0.15) is 0 Å². The predicted octanol–water partition coefficient (Wildman–Crippen LogP) is 2.20. The van der Waals surface area contributed by atoms with Gasteiger partial charge in [-0.05, 0) is 72.5 Å². The molecular weight excluding hydrogens is 539 g/mol. The third-order valence-electron chi connectivity index (χ3n) is 6.28. The summed E-state index contributed by atoms with van der Waals surface area (Å²) in [5.74, 6) is 1.08. The van der Waals surface area contributed by atoms with Gasteiger partial charge in [-0.25, -0.2) is 0 Å². The summed E-state index contributed by atoms with van der Waals surface area (Å²) >= 11 is 2.06. The van der Waals surface area contributed by atoms with Crippen molar-refractivity contribution in [2.45, 2.75) is 56.8 Å². The minimum atomic E-state index is -0.880. The number of benzene rings is 1. The first-order chi connectivity index (χ1) is 16.0. The first-order valence-electron chi connectivity index (χ1n) is 11.5. The van der Waals surface area contributed by atoms with Crippen molar-refractivity contribution in [3.63, 3.8) is 0 Å². The summed E-state index contributed by atoms with van der Waals surface area (Å²) < 4.78 is 12.3. The third kappa shape index (κ3) is 6.91. The molecule has 3 atom stereocenters. The number of rotatable bonds is 10. The van der Waals surface area contributed by atoms with Crippen molar-refractivity contribution < 1.29 is 29.3 Å². The number of halogens is 1. The Morgan fingerprint density at radius 2 is 2.03 bits per heavy atom. The smallest absolute Gasteiger partial charge is 0.247 e. The summed E-state index contributed by atoms with van der Waals surface area (Å²) in [6, 6.07) is 2.91. The van der Waals surface area contributed by atoms with Crippen molar-refractivity contribution >= 4 is 34.8 Å². The lowest BCUT2D eigenvalue weighted by atomic mass is 9.86. The molecule has 9 heteroatoms. The molecule has 0 heterocycles. The van der Waals surface area contributed by atoms with Crippen LogP contribution in [0.5, 0.6) is 11.5 Å². The van der Waals surface area contributed by atoms with E-state index in [2.05, 4.69) is 33.2 Å². The molecule has 0 bridgehead atoms. The molecule has 8 nitrogen and oxygen atoms in total. The van der Waals surface area contributed by atoms with Crippen LogP contribution < -0.4 is 20.1 Å². The fraction of sp³-hybridized carbons (Fsp3) is 0.583. The highest BCUT2D eigenvalue weighted by Gasteiger charge is 2.36. The van der Waals surface area contributed by atoms with E-state index in [-0.39, 0.29) is 25.1 Å². The topological polar surface area (TPSA) is 117 Å². The van der Waals surface area contributed by atoms with Crippen LogP contribution in [0.2, 0.25) is 0 Å². The van der Waals surface area contributed by atoms with Gasteiger partial charge in [-0.3, -0.25) is 9.59 Å². The molecule has 182 valence electrons. The third-order valence-corrected chi connectivity index (χ3v) is 7.08. The maximum absolute atomic E-state index is 12.7. The molecule has 0 aliphatic heterocycles. The van der Waals surface area contributed by atoms with Gasteiger partial charge in [-0.15, -0.1) is 0 Å². The van der Waals surface area contributed by atoms with Crippen molar-refractivity contribution in [2.24, 2.45) is 5.92 Å². The molecule has 3 rings (SSSR count). The number of aliphatic hydroxyl groups is 2. The number of carbonyl (C=O) groups excluding carboxylic acids is 2. The molecule has 33 heavy (non-hydrogen) atoms. The van der Waals surface area contributed by atoms with E-state index in [1.54, 1.807) is 18.2 Å². The zero-order valence-electron chi connectivity index (χ0n) is 18.9. The van der Waals surface area contributed by atoms with Crippen molar-refractivity contribution in [1.82, 2.24) is 10.6 Å². The van der Waals surface area contributed by atoms with Gasteiger partial charge < -0.3 is 30.3 Å². The number of ether oxygens (including phenoxy) is 2. The van der Waals surface area contributed by atoms with E-state index >= 15 is 0 Å². The highest BCUT2D eigenvalue weighted by Crippen LogP contribution is 2.36. The maximum atomic E-state index is 12.7. The van der Waals surface area contributed by atoms with Crippen LogP contribution in [0, 0.1) is 9.49 Å². The van der Waals surface area contributed by atoms with Gasteiger partial charge >= 0.3 is 0 Å². The Kier molecular flexibility index (Phi) is 9.96. The molecular formula is C24H33IN2O6. The van der Waals surface area contributed by atoms with Gasteiger partial charge in [0, 0.05) is 23.7 Å². The summed E-state index contributed by atoms with van der Waals surface area (Å²) in [5, 5.41) is 26.4. The maximum Gasteiger partial charge on any atom is 0.247 e. The Balaban J connectivity index is 1.82. The molecule has 1 aromatic carbocycles. The lowest BCUT2D eigenvalue weighted by Gasteiger charge is -2.36. The van der Waals surface area contributed by atoms with Crippen molar-refractivity contribution in [2.75, 3.05) is 26.8 Å². The average Bonchev–Trinajstić information content (AvgIpc) is 2.84. The van der Waals surface area contributed by atoms with Gasteiger partial charge in [0.1, 0.15) is 18.5 Å². The largest absolute Gasteiger partial charge is 0.493 e.